The number of hydrogen-bond donors (Lipinski definition) is 1. The summed E-state index contributed by atoms with van der Waals surface area (Å²) in [4.78, 5) is 10.7. The molecular formula is C8H13NO3S. The number of sulfone groups is 1. The molecule has 0 saturated carbocycles. The third-order valence-electron chi connectivity index (χ3n) is 1.87. The average Bonchev–Trinajstić information content (AvgIpc) is 2.01. The van der Waals surface area contributed by atoms with E-state index in [-0.39, 0.29) is 0 Å². The predicted octanol–water partition coefficient (Wildman–Crippen LogP) is -0.443. The number of amides is 1. The van der Waals surface area contributed by atoms with Gasteiger partial charge in [-0.2, -0.15) is 0 Å². The van der Waals surface area contributed by atoms with Crippen LogP contribution >= 0.6 is 0 Å². The molecule has 0 aliphatic rings. The second kappa shape index (κ2) is 4.28. The van der Waals surface area contributed by atoms with Gasteiger partial charge in [-0.1, -0.05) is 0 Å². The summed E-state index contributed by atoms with van der Waals surface area (Å²) in [5, 5.41) is 1.75. The lowest BCUT2D eigenvalue weighted by molar-refractivity contribution is -0.116. The molecule has 0 rings (SSSR count). The zero-order valence-electron chi connectivity index (χ0n) is 7.87. The van der Waals surface area contributed by atoms with Crippen LogP contribution in [0.4, 0.5) is 0 Å². The molecule has 0 aromatic rings. The molecule has 0 aliphatic heterocycles. The standard InChI is InChI=1S/C8H13NO3S/c1-5-8(10)9-6(2)7(3)13(4,11)12/h1,6-7H,2-4H3,(H,9,10). The number of hydrogen-bond acceptors (Lipinski definition) is 3. The molecule has 0 aliphatic carbocycles. The number of nitrogens with one attached hydrogen (secondary N) is 1. The topological polar surface area (TPSA) is 63.2 Å². The first-order chi connectivity index (χ1) is 5.79. The van der Waals surface area contributed by atoms with Crippen molar-refractivity contribution in [3.8, 4) is 12.3 Å². The highest BCUT2D eigenvalue weighted by Crippen LogP contribution is 2.03. The number of terminal acetylenes is 1. The molecule has 74 valence electrons. The molecule has 2 unspecified atom stereocenters. The second-order valence-corrected chi connectivity index (χ2v) is 5.34. The molecule has 0 saturated heterocycles. The van der Waals surface area contributed by atoms with Crippen molar-refractivity contribution in [2.24, 2.45) is 0 Å². The van der Waals surface area contributed by atoms with Crippen LogP contribution in [0.3, 0.4) is 0 Å². The van der Waals surface area contributed by atoms with E-state index < -0.39 is 27.0 Å². The van der Waals surface area contributed by atoms with E-state index in [1.165, 1.54) is 6.92 Å². The smallest absolute Gasteiger partial charge is 0.295 e. The molecule has 0 aromatic heterocycles. The van der Waals surface area contributed by atoms with E-state index in [0.29, 0.717) is 0 Å². The lowest BCUT2D eigenvalue weighted by Gasteiger charge is -2.17. The molecule has 0 fully saturated rings. The maximum Gasteiger partial charge on any atom is 0.295 e. The van der Waals surface area contributed by atoms with Gasteiger partial charge in [-0.25, -0.2) is 8.42 Å². The summed E-state index contributed by atoms with van der Waals surface area (Å²) in [6, 6.07) is -0.474. The molecule has 0 spiro atoms. The van der Waals surface area contributed by atoms with Crippen molar-refractivity contribution in [2.45, 2.75) is 25.1 Å². The Morgan fingerprint density at radius 1 is 1.46 bits per heavy atom. The van der Waals surface area contributed by atoms with Crippen molar-refractivity contribution in [2.75, 3.05) is 6.26 Å². The first kappa shape index (κ1) is 12.0. The van der Waals surface area contributed by atoms with Gasteiger partial charge in [0, 0.05) is 12.3 Å². The summed E-state index contributed by atoms with van der Waals surface area (Å²) in [5.74, 6) is 1.26. The van der Waals surface area contributed by atoms with E-state index in [0.717, 1.165) is 6.26 Å². The van der Waals surface area contributed by atoms with E-state index in [4.69, 9.17) is 6.42 Å². The average molecular weight is 203 g/mol. The van der Waals surface area contributed by atoms with Gasteiger partial charge in [0.15, 0.2) is 9.84 Å². The van der Waals surface area contributed by atoms with Crippen molar-refractivity contribution in [3.05, 3.63) is 0 Å². The maximum atomic E-state index is 11.0. The van der Waals surface area contributed by atoms with Crippen molar-refractivity contribution >= 4 is 15.7 Å². The molecule has 2 atom stereocenters. The van der Waals surface area contributed by atoms with Crippen LogP contribution in [-0.4, -0.2) is 31.9 Å². The fourth-order valence-electron chi connectivity index (χ4n) is 0.737. The van der Waals surface area contributed by atoms with Gasteiger partial charge < -0.3 is 5.32 Å². The Bertz CT molecular complexity index is 326. The van der Waals surface area contributed by atoms with Crippen LogP contribution in [0, 0.1) is 12.3 Å². The van der Waals surface area contributed by atoms with Crippen molar-refractivity contribution < 1.29 is 13.2 Å². The molecule has 0 heterocycles. The zero-order chi connectivity index (χ0) is 10.6. The Balaban J connectivity index is 4.39. The molecule has 13 heavy (non-hydrogen) atoms. The van der Waals surface area contributed by atoms with Gasteiger partial charge in [0.2, 0.25) is 0 Å². The number of rotatable bonds is 3. The fraction of sp³-hybridized carbons (Fsp3) is 0.625. The highest BCUT2D eigenvalue weighted by atomic mass is 32.2. The van der Waals surface area contributed by atoms with E-state index in [1.807, 2.05) is 5.92 Å². The molecule has 0 bridgehead atoms. The van der Waals surface area contributed by atoms with Crippen LogP contribution in [0.1, 0.15) is 13.8 Å². The van der Waals surface area contributed by atoms with E-state index in [2.05, 4.69) is 5.32 Å². The number of carbonyl (C=O) groups excluding carboxylic acids is 1. The van der Waals surface area contributed by atoms with Crippen LogP contribution in [0.25, 0.3) is 0 Å². The summed E-state index contributed by atoms with van der Waals surface area (Å²) in [6.45, 7) is 3.12. The lowest BCUT2D eigenvalue weighted by Crippen LogP contribution is -2.42. The normalized spacial score (nSPS) is 15.5. The van der Waals surface area contributed by atoms with Gasteiger partial charge in [-0.15, -0.1) is 6.42 Å². The summed E-state index contributed by atoms with van der Waals surface area (Å²) < 4.78 is 22.1. The molecule has 0 radical (unpaired) electrons. The predicted molar refractivity (Wildman–Crippen MR) is 50.7 cm³/mol. The van der Waals surface area contributed by atoms with Crippen molar-refractivity contribution in [1.82, 2.24) is 5.32 Å². The first-order valence-electron chi connectivity index (χ1n) is 3.75. The van der Waals surface area contributed by atoms with Crippen LogP contribution in [0.2, 0.25) is 0 Å². The van der Waals surface area contributed by atoms with E-state index in [1.54, 1.807) is 6.92 Å². The Kier molecular flexibility index (Phi) is 3.95. The number of carbonyl (C=O) groups is 1. The zero-order valence-corrected chi connectivity index (χ0v) is 8.68. The summed E-state index contributed by atoms with van der Waals surface area (Å²) in [5.41, 5.74) is 0. The van der Waals surface area contributed by atoms with Crippen molar-refractivity contribution in [3.63, 3.8) is 0 Å². The molecule has 5 heteroatoms. The first-order valence-corrected chi connectivity index (χ1v) is 5.70. The summed E-state index contributed by atoms with van der Waals surface area (Å²) in [6.07, 6.45) is 5.94. The van der Waals surface area contributed by atoms with E-state index >= 15 is 0 Å². The molecule has 0 aromatic carbocycles. The molecule has 1 N–H and O–H groups in total. The quantitative estimate of drug-likeness (QED) is 0.632. The second-order valence-electron chi connectivity index (χ2n) is 2.94. The highest BCUT2D eigenvalue weighted by Gasteiger charge is 2.22. The van der Waals surface area contributed by atoms with Gasteiger partial charge in [-0.05, 0) is 19.8 Å². The van der Waals surface area contributed by atoms with Gasteiger partial charge in [-0.3, -0.25) is 4.79 Å². The Labute approximate surface area is 78.6 Å². The Morgan fingerprint density at radius 2 is 1.92 bits per heavy atom. The third-order valence-corrected chi connectivity index (χ3v) is 3.63. The van der Waals surface area contributed by atoms with Gasteiger partial charge in [0.05, 0.1) is 5.25 Å². The van der Waals surface area contributed by atoms with Crippen LogP contribution in [0.5, 0.6) is 0 Å². The van der Waals surface area contributed by atoms with Crippen LogP contribution in [0.15, 0.2) is 0 Å². The largest absolute Gasteiger partial charge is 0.342 e. The fourth-order valence-corrected chi connectivity index (χ4v) is 1.55. The summed E-state index contributed by atoms with van der Waals surface area (Å²) >= 11 is 0. The monoisotopic (exact) mass is 203 g/mol. The van der Waals surface area contributed by atoms with Gasteiger partial charge >= 0.3 is 0 Å². The Hall–Kier alpha value is -1.02. The minimum Gasteiger partial charge on any atom is -0.342 e. The SMILES string of the molecule is C#CC(=O)NC(C)C(C)S(C)(=O)=O. The van der Waals surface area contributed by atoms with E-state index in [9.17, 15) is 13.2 Å². The maximum absolute atomic E-state index is 11.0. The minimum absolute atomic E-state index is 0.474. The molecular weight excluding hydrogens is 190 g/mol. The van der Waals surface area contributed by atoms with Crippen molar-refractivity contribution in [1.29, 1.82) is 0 Å². The van der Waals surface area contributed by atoms with Crippen LogP contribution in [-0.2, 0) is 14.6 Å². The highest BCUT2D eigenvalue weighted by molar-refractivity contribution is 7.91. The van der Waals surface area contributed by atoms with Crippen LogP contribution < -0.4 is 5.32 Å². The lowest BCUT2D eigenvalue weighted by atomic mass is 10.2. The summed E-state index contributed by atoms with van der Waals surface area (Å²) in [7, 11) is -3.14. The minimum atomic E-state index is -3.14. The molecule has 4 nitrogen and oxygen atoms in total. The molecule has 1 amide bonds. The Morgan fingerprint density at radius 3 is 2.23 bits per heavy atom. The van der Waals surface area contributed by atoms with Gasteiger partial charge in [0.1, 0.15) is 0 Å². The van der Waals surface area contributed by atoms with Gasteiger partial charge in [0.25, 0.3) is 5.91 Å². The third kappa shape index (κ3) is 3.95.